The minimum atomic E-state index is -1.08. The number of nitrogens with zero attached hydrogens (tertiary/aromatic N) is 2. The molecule has 1 fully saturated rings. The number of rotatable bonds is 6. The second kappa shape index (κ2) is 7.03. The van der Waals surface area contributed by atoms with E-state index in [2.05, 4.69) is 63.0 Å². The number of imidazole rings is 1. The summed E-state index contributed by atoms with van der Waals surface area (Å²) in [7, 11) is -1.45. The van der Waals surface area contributed by atoms with Gasteiger partial charge in [0.15, 0.2) is 0 Å². The summed E-state index contributed by atoms with van der Waals surface area (Å²) < 4.78 is 20.5. The van der Waals surface area contributed by atoms with Crippen molar-refractivity contribution in [2.75, 3.05) is 6.61 Å². The van der Waals surface area contributed by atoms with Gasteiger partial charge in [-0.2, -0.15) is 0 Å². The molecule has 0 atom stereocenters. The van der Waals surface area contributed by atoms with Crippen LogP contribution >= 0.6 is 0 Å². The molecule has 5 nitrogen and oxygen atoms in total. The molecule has 2 heterocycles. The molecule has 0 radical (unpaired) electrons. The molecule has 3 rings (SSSR count). The lowest BCUT2D eigenvalue weighted by atomic mass is 9.79. The number of benzene rings is 1. The maximum absolute atomic E-state index is 6.20. The van der Waals surface area contributed by atoms with Crippen molar-refractivity contribution in [3.63, 3.8) is 0 Å². The summed E-state index contributed by atoms with van der Waals surface area (Å²) >= 11 is 0. The van der Waals surface area contributed by atoms with Gasteiger partial charge in [0.05, 0.1) is 22.2 Å². The van der Waals surface area contributed by atoms with Crippen LogP contribution in [0.5, 0.6) is 0 Å². The topological polar surface area (TPSA) is 45.5 Å². The van der Waals surface area contributed by atoms with Crippen LogP contribution in [0.2, 0.25) is 25.7 Å². The van der Waals surface area contributed by atoms with Crippen molar-refractivity contribution in [2.24, 2.45) is 0 Å². The van der Waals surface area contributed by atoms with Crippen LogP contribution in [0.1, 0.15) is 33.5 Å². The number of ether oxygens (including phenoxy) is 1. The highest BCUT2D eigenvalue weighted by Crippen LogP contribution is 2.36. The van der Waals surface area contributed by atoms with Gasteiger partial charge in [-0.05, 0) is 58.3 Å². The van der Waals surface area contributed by atoms with Crippen molar-refractivity contribution in [2.45, 2.75) is 78.2 Å². The molecule has 2 aromatic rings. The minimum Gasteiger partial charge on any atom is -0.399 e. The van der Waals surface area contributed by atoms with E-state index in [-0.39, 0.29) is 18.3 Å². The summed E-state index contributed by atoms with van der Waals surface area (Å²) in [5.41, 5.74) is 2.37. The number of fused-ring (bicyclic) bond motifs is 1. The summed E-state index contributed by atoms with van der Waals surface area (Å²) in [6.45, 7) is 18.8. The fourth-order valence-electron chi connectivity index (χ4n) is 3.08. The van der Waals surface area contributed by atoms with Crippen LogP contribution < -0.4 is 5.46 Å². The lowest BCUT2D eigenvalue weighted by Crippen LogP contribution is -2.41. The largest absolute Gasteiger partial charge is 0.494 e. The van der Waals surface area contributed by atoms with Crippen molar-refractivity contribution in [3.05, 3.63) is 24.0 Å². The van der Waals surface area contributed by atoms with Crippen LogP contribution in [0.15, 0.2) is 18.2 Å². The van der Waals surface area contributed by atoms with Crippen LogP contribution in [-0.2, 0) is 20.8 Å². The van der Waals surface area contributed by atoms with Crippen LogP contribution in [0, 0.1) is 6.92 Å². The first-order valence-electron chi connectivity index (χ1n) is 9.80. The zero-order chi connectivity index (χ0) is 20.0. The van der Waals surface area contributed by atoms with E-state index in [0.717, 1.165) is 35.0 Å². The first kappa shape index (κ1) is 20.6. The highest BCUT2D eigenvalue weighted by atomic mass is 28.3. The van der Waals surface area contributed by atoms with Crippen LogP contribution in [0.3, 0.4) is 0 Å². The third-order valence-electron chi connectivity index (χ3n) is 5.71. The Hall–Kier alpha value is -1.15. The average Bonchev–Trinajstić information content (AvgIpc) is 2.95. The third kappa shape index (κ3) is 4.31. The van der Waals surface area contributed by atoms with E-state index in [1.807, 2.05) is 19.1 Å². The Morgan fingerprint density at radius 3 is 2.33 bits per heavy atom. The molecule has 0 aliphatic carbocycles. The van der Waals surface area contributed by atoms with Gasteiger partial charge in [-0.15, -0.1) is 0 Å². The maximum Gasteiger partial charge on any atom is 0.494 e. The molecule has 0 spiro atoms. The Morgan fingerprint density at radius 1 is 1.11 bits per heavy atom. The van der Waals surface area contributed by atoms with Crippen molar-refractivity contribution in [1.82, 2.24) is 9.55 Å². The average molecular weight is 388 g/mol. The highest BCUT2D eigenvalue weighted by molar-refractivity contribution is 6.76. The number of hydrogen-bond acceptors (Lipinski definition) is 4. The summed E-state index contributed by atoms with van der Waals surface area (Å²) in [5, 5.41) is 0. The van der Waals surface area contributed by atoms with E-state index in [4.69, 9.17) is 14.0 Å². The molecule has 1 aromatic heterocycles. The molecular formula is C20H33BN2O3Si. The van der Waals surface area contributed by atoms with E-state index in [1.165, 1.54) is 0 Å². The van der Waals surface area contributed by atoms with E-state index in [0.29, 0.717) is 6.73 Å². The van der Waals surface area contributed by atoms with Crippen LogP contribution in [-0.4, -0.2) is 42.6 Å². The molecule has 0 bridgehead atoms. The molecule has 0 amide bonds. The first-order chi connectivity index (χ1) is 12.4. The van der Waals surface area contributed by atoms with Gasteiger partial charge >= 0.3 is 7.12 Å². The molecule has 148 valence electrons. The molecule has 0 N–H and O–H groups in total. The maximum atomic E-state index is 6.20. The van der Waals surface area contributed by atoms with Gasteiger partial charge in [-0.25, -0.2) is 4.98 Å². The Morgan fingerprint density at radius 2 is 1.74 bits per heavy atom. The summed E-state index contributed by atoms with van der Waals surface area (Å²) in [6, 6.07) is 7.38. The lowest BCUT2D eigenvalue weighted by Gasteiger charge is -2.32. The van der Waals surface area contributed by atoms with Gasteiger partial charge in [0.1, 0.15) is 12.6 Å². The Bertz CT molecular complexity index is 810. The summed E-state index contributed by atoms with van der Waals surface area (Å²) in [5.74, 6) is 0.962. The number of hydrogen-bond donors (Lipinski definition) is 0. The molecule has 0 saturated carbocycles. The second-order valence-electron chi connectivity index (χ2n) is 9.77. The molecule has 7 heteroatoms. The van der Waals surface area contributed by atoms with Gasteiger partial charge < -0.3 is 18.6 Å². The zero-order valence-corrected chi connectivity index (χ0v) is 19.0. The third-order valence-corrected chi connectivity index (χ3v) is 7.41. The van der Waals surface area contributed by atoms with Crippen molar-refractivity contribution in [3.8, 4) is 0 Å². The second-order valence-corrected chi connectivity index (χ2v) is 15.4. The van der Waals surface area contributed by atoms with Crippen molar-refractivity contribution in [1.29, 1.82) is 0 Å². The molecule has 1 saturated heterocycles. The monoisotopic (exact) mass is 388 g/mol. The van der Waals surface area contributed by atoms with Gasteiger partial charge in [0, 0.05) is 14.7 Å². The van der Waals surface area contributed by atoms with Gasteiger partial charge in [-0.3, -0.25) is 0 Å². The predicted molar refractivity (Wildman–Crippen MR) is 114 cm³/mol. The van der Waals surface area contributed by atoms with E-state index in [9.17, 15) is 0 Å². The molecule has 1 aliphatic heterocycles. The fourth-order valence-corrected chi connectivity index (χ4v) is 3.84. The number of aromatic nitrogens is 2. The SMILES string of the molecule is Cc1nc2ccc(B3OC(C)(C)C(C)(C)O3)cc2n1COCC[Si](C)(C)C. The van der Waals surface area contributed by atoms with Crippen molar-refractivity contribution >= 4 is 31.7 Å². The van der Waals surface area contributed by atoms with Gasteiger partial charge in [0.25, 0.3) is 0 Å². The van der Waals surface area contributed by atoms with Gasteiger partial charge in [0.2, 0.25) is 0 Å². The molecular weight excluding hydrogens is 355 g/mol. The highest BCUT2D eigenvalue weighted by Gasteiger charge is 2.51. The lowest BCUT2D eigenvalue weighted by molar-refractivity contribution is 0.00578. The predicted octanol–water partition coefficient (Wildman–Crippen LogP) is 3.96. The Balaban J connectivity index is 1.81. The molecule has 1 aliphatic rings. The molecule has 27 heavy (non-hydrogen) atoms. The van der Waals surface area contributed by atoms with Crippen LogP contribution in [0.25, 0.3) is 11.0 Å². The van der Waals surface area contributed by atoms with E-state index >= 15 is 0 Å². The van der Waals surface area contributed by atoms with E-state index in [1.54, 1.807) is 0 Å². The molecule has 0 unspecified atom stereocenters. The smallest absolute Gasteiger partial charge is 0.399 e. The standard InChI is InChI=1S/C20H33BN2O3Si/c1-15-22-17-10-9-16(21-25-19(2,3)20(4,5)26-21)13-18(17)23(15)14-24-11-12-27(6,7)8/h9-10,13H,11-12,14H2,1-8H3. The normalized spacial score (nSPS) is 19.2. The summed E-state index contributed by atoms with van der Waals surface area (Å²) in [6.07, 6.45) is 0. The fraction of sp³-hybridized carbons (Fsp3) is 0.650. The van der Waals surface area contributed by atoms with Gasteiger partial charge in [-0.1, -0.05) is 25.7 Å². The zero-order valence-electron chi connectivity index (χ0n) is 18.0. The quantitative estimate of drug-likeness (QED) is 0.555. The van der Waals surface area contributed by atoms with E-state index < -0.39 is 8.07 Å². The van der Waals surface area contributed by atoms with Crippen LogP contribution in [0.4, 0.5) is 0 Å². The Labute approximate surface area is 164 Å². The van der Waals surface area contributed by atoms with Crippen molar-refractivity contribution < 1.29 is 14.0 Å². The summed E-state index contributed by atoms with van der Waals surface area (Å²) in [4.78, 5) is 4.68. The molecule has 1 aromatic carbocycles. The minimum absolute atomic E-state index is 0.345. The Kier molecular flexibility index (Phi) is 5.36. The first-order valence-corrected chi connectivity index (χ1v) is 13.5. The number of aryl methyl sites for hydroxylation is 1.